The van der Waals surface area contributed by atoms with E-state index < -0.39 is 12.1 Å². The first-order valence-corrected chi connectivity index (χ1v) is 8.27. The molecule has 4 aromatic rings. The number of carboxylic acid groups (broad SMARTS) is 1. The largest absolute Gasteiger partial charge is 0.490 e. The molecule has 0 aliphatic heterocycles. The van der Waals surface area contributed by atoms with E-state index in [9.17, 15) is 17.6 Å². The van der Waals surface area contributed by atoms with Gasteiger partial charge < -0.3 is 15.8 Å². The van der Waals surface area contributed by atoms with Crippen molar-refractivity contribution in [1.82, 2.24) is 19.9 Å². The fraction of sp³-hybridized carbons (Fsp3) is 0.0526. The van der Waals surface area contributed by atoms with Crippen LogP contribution in [0.15, 0.2) is 55.0 Å². The summed E-state index contributed by atoms with van der Waals surface area (Å²) in [7, 11) is 0. The van der Waals surface area contributed by atoms with Crippen LogP contribution in [0.2, 0.25) is 0 Å². The van der Waals surface area contributed by atoms with Crippen LogP contribution in [0, 0.1) is 5.82 Å². The lowest BCUT2D eigenvalue weighted by atomic mass is 10.0. The van der Waals surface area contributed by atoms with E-state index in [1.165, 1.54) is 12.1 Å². The quantitative estimate of drug-likeness (QED) is 0.422. The summed E-state index contributed by atoms with van der Waals surface area (Å²) in [6, 6.07) is 9.93. The van der Waals surface area contributed by atoms with Crippen LogP contribution in [0.5, 0.6) is 0 Å². The number of anilines is 1. The van der Waals surface area contributed by atoms with Gasteiger partial charge in [-0.15, -0.1) is 0 Å². The summed E-state index contributed by atoms with van der Waals surface area (Å²) in [4.78, 5) is 24.9. The van der Waals surface area contributed by atoms with E-state index in [0.29, 0.717) is 11.5 Å². The molecule has 3 aromatic heterocycles. The van der Waals surface area contributed by atoms with E-state index in [4.69, 9.17) is 15.6 Å². The number of aromatic nitrogens is 4. The van der Waals surface area contributed by atoms with E-state index in [0.717, 1.165) is 27.9 Å². The third-order valence-electron chi connectivity index (χ3n) is 3.87. The zero-order valence-electron chi connectivity index (χ0n) is 15.0. The summed E-state index contributed by atoms with van der Waals surface area (Å²) in [6.07, 6.45) is -0.183. The second-order valence-corrected chi connectivity index (χ2v) is 5.91. The highest BCUT2D eigenvalue weighted by Gasteiger charge is 2.38. The molecule has 0 radical (unpaired) electrons. The molecule has 0 amide bonds. The SMILES string of the molecule is Nc1cc(-c2[nH]c3nccnc3c2-c2ccc(F)cc2)ccn1.O=C(O)C(F)(F)F. The average molecular weight is 419 g/mol. The van der Waals surface area contributed by atoms with E-state index in [1.807, 2.05) is 6.07 Å². The Morgan fingerprint density at radius 2 is 1.60 bits per heavy atom. The number of aliphatic carboxylic acids is 1. The lowest BCUT2D eigenvalue weighted by Gasteiger charge is -2.05. The summed E-state index contributed by atoms with van der Waals surface area (Å²) in [5.41, 5.74) is 10.6. The van der Waals surface area contributed by atoms with Crippen molar-refractivity contribution in [1.29, 1.82) is 0 Å². The molecule has 0 fully saturated rings. The van der Waals surface area contributed by atoms with Crippen molar-refractivity contribution >= 4 is 23.0 Å². The lowest BCUT2D eigenvalue weighted by molar-refractivity contribution is -0.192. The number of nitrogens with two attached hydrogens (primary N) is 1. The number of aromatic amines is 1. The van der Waals surface area contributed by atoms with Crippen LogP contribution in [0.25, 0.3) is 33.5 Å². The molecule has 3 heterocycles. The van der Waals surface area contributed by atoms with Gasteiger partial charge in [0.25, 0.3) is 0 Å². The predicted octanol–water partition coefficient (Wildman–Crippen LogP) is 4.04. The number of hydrogen-bond acceptors (Lipinski definition) is 5. The molecule has 154 valence electrons. The minimum absolute atomic E-state index is 0.283. The Morgan fingerprint density at radius 1 is 0.967 bits per heavy atom. The van der Waals surface area contributed by atoms with Crippen LogP contribution >= 0.6 is 0 Å². The van der Waals surface area contributed by atoms with Crippen LogP contribution in [0.3, 0.4) is 0 Å². The standard InChI is InChI=1S/C17H12FN5.C2HF3O2/c18-12-3-1-10(2-4-12)14-15(11-5-6-20-13(19)9-11)23-17-16(14)21-7-8-22-17;3-2(4,5)1(6)7/h1-9H,(H2,19,20)(H,22,23);(H,6,7). The zero-order valence-corrected chi connectivity index (χ0v) is 15.0. The Kier molecular flexibility index (Phi) is 5.63. The number of nitrogens with zero attached hydrogens (tertiary/aromatic N) is 3. The summed E-state index contributed by atoms with van der Waals surface area (Å²) in [5.74, 6) is -2.62. The zero-order chi connectivity index (χ0) is 21.9. The van der Waals surface area contributed by atoms with Crippen LogP contribution in [0.4, 0.5) is 23.4 Å². The number of H-pyrrole nitrogens is 1. The summed E-state index contributed by atoms with van der Waals surface area (Å²) in [5, 5.41) is 7.12. The van der Waals surface area contributed by atoms with Gasteiger partial charge in [0, 0.05) is 29.7 Å². The molecule has 0 saturated heterocycles. The summed E-state index contributed by atoms with van der Waals surface area (Å²) < 4.78 is 45.0. The normalized spacial score (nSPS) is 11.1. The Hall–Kier alpha value is -4.02. The monoisotopic (exact) mass is 419 g/mol. The predicted molar refractivity (Wildman–Crippen MR) is 101 cm³/mol. The highest BCUT2D eigenvalue weighted by Crippen LogP contribution is 2.36. The van der Waals surface area contributed by atoms with Gasteiger partial charge >= 0.3 is 12.1 Å². The minimum atomic E-state index is -5.08. The van der Waals surface area contributed by atoms with E-state index in [-0.39, 0.29) is 5.82 Å². The van der Waals surface area contributed by atoms with Crippen molar-refractivity contribution in [3.05, 3.63) is 60.8 Å². The van der Waals surface area contributed by atoms with Crippen LogP contribution in [0.1, 0.15) is 0 Å². The Morgan fingerprint density at radius 3 is 2.20 bits per heavy atom. The first-order valence-electron chi connectivity index (χ1n) is 8.27. The third-order valence-corrected chi connectivity index (χ3v) is 3.87. The van der Waals surface area contributed by atoms with Crippen molar-refractivity contribution in [2.24, 2.45) is 0 Å². The van der Waals surface area contributed by atoms with Crippen LogP contribution < -0.4 is 5.73 Å². The Labute approximate surface area is 166 Å². The van der Waals surface area contributed by atoms with Gasteiger partial charge in [0.2, 0.25) is 0 Å². The molecule has 11 heteroatoms. The number of nitrogen functional groups attached to an aromatic ring is 1. The molecule has 1 aromatic carbocycles. The molecule has 4 rings (SSSR count). The molecular weight excluding hydrogens is 406 g/mol. The highest BCUT2D eigenvalue weighted by molar-refractivity contribution is 6.00. The second-order valence-electron chi connectivity index (χ2n) is 5.91. The Bertz CT molecular complexity index is 1190. The molecule has 0 spiro atoms. The van der Waals surface area contributed by atoms with Gasteiger partial charge in [-0.3, -0.25) is 4.98 Å². The van der Waals surface area contributed by atoms with Gasteiger partial charge in [-0.05, 0) is 29.8 Å². The van der Waals surface area contributed by atoms with Gasteiger partial charge in [-0.1, -0.05) is 12.1 Å². The van der Waals surface area contributed by atoms with Crippen molar-refractivity contribution < 1.29 is 27.5 Å². The number of carboxylic acids is 1. The van der Waals surface area contributed by atoms with Crippen molar-refractivity contribution in [3.8, 4) is 22.4 Å². The fourth-order valence-electron chi connectivity index (χ4n) is 2.63. The number of fused-ring (bicyclic) bond motifs is 1. The number of halogens is 4. The van der Waals surface area contributed by atoms with Gasteiger partial charge in [0.15, 0.2) is 5.65 Å². The number of benzene rings is 1. The first-order chi connectivity index (χ1) is 14.2. The number of rotatable bonds is 2. The van der Waals surface area contributed by atoms with Crippen molar-refractivity contribution in [3.63, 3.8) is 0 Å². The number of pyridine rings is 1. The van der Waals surface area contributed by atoms with E-state index in [2.05, 4.69) is 19.9 Å². The Balaban J connectivity index is 0.000000318. The van der Waals surface area contributed by atoms with Gasteiger partial charge in [-0.2, -0.15) is 13.2 Å². The first kappa shape index (κ1) is 20.7. The molecule has 0 aliphatic rings. The molecule has 4 N–H and O–H groups in total. The lowest BCUT2D eigenvalue weighted by Crippen LogP contribution is -2.21. The molecule has 0 aliphatic carbocycles. The van der Waals surface area contributed by atoms with E-state index in [1.54, 1.807) is 36.8 Å². The maximum absolute atomic E-state index is 13.3. The number of hydrogen-bond donors (Lipinski definition) is 3. The van der Waals surface area contributed by atoms with Crippen LogP contribution in [-0.2, 0) is 4.79 Å². The minimum Gasteiger partial charge on any atom is -0.475 e. The molecule has 0 atom stereocenters. The molecule has 30 heavy (non-hydrogen) atoms. The second kappa shape index (κ2) is 8.15. The van der Waals surface area contributed by atoms with Crippen LogP contribution in [-0.4, -0.2) is 37.2 Å². The third kappa shape index (κ3) is 4.51. The van der Waals surface area contributed by atoms with Gasteiger partial charge in [0.1, 0.15) is 17.2 Å². The molecule has 0 bridgehead atoms. The maximum atomic E-state index is 13.3. The van der Waals surface area contributed by atoms with Gasteiger partial charge in [0.05, 0.1) is 5.69 Å². The average Bonchev–Trinajstić information content (AvgIpc) is 3.08. The summed E-state index contributed by atoms with van der Waals surface area (Å²) >= 11 is 0. The molecule has 7 nitrogen and oxygen atoms in total. The van der Waals surface area contributed by atoms with Crippen molar-refractivity contribution in [2.45, 2.75) is 6.18 Å². The van der Waals surface area contributed by atoms with Crippen molar-refractivity contribution in [2.75, 3.05) is 5.73 Å². The van der Waals surface area contributed by atoms with E-state index >= 15 is 0 Å². The number of nitrogens with one attached hydrogen (secondary N) is 1. The number of carbonyl (C=O) groups is 1. The molecular formula is C19H13F4N5O2. The number of alkyl halides is 3. The molecule has 0 unspecified atom stereocenters. The fourth-order valence-corrected chi connectivity index (χ4v) is 2.63. The molecule has 0 saturated carbocycles. The van der Waals surface area contributed by atoms with Gasteiger partial charge in [-0.25, -0.2) is 19.2 Å². The smallest absolute Gasteiger partial charge is 0.475 e. The maximum Gasteiger partial charge on any atom is 0.490 e. The highest BCUT2D eigenvalue weighted by atomic mass is 19.4. The topological polar surface area (TPSA) is 118 Å². The summed E-state index contributed by atoms with van der Waals surface area (Å²) in [6.45, 7) is 0.